The molecule has 8 rings (SSSR count). The molecule has 0 fully saturated rings. The lowest BCUT2D eigenvalue weighted by Gasteiger charge is -2.22. The van der Waals surface area contributed by atoms with Gasteiger partial charge in [-0.05, 0) is 91.7 Å². The minimum absolute atomic E-state index is 0.0964. The number of benzene rings is 8. The van der Waals surface area contributed by atoms with E-state index in [0.717, 1.165) is 56.6 Å². The minimum Gasteiger partial charge on any atom is -0.289 e. The van der Waals surface area contributed by atoms with Crippen molar-refractivity contribution in [1.29, 1.82) is 0 Å². The van der Waals surface area contributed by atoms with Gasteiger partial charge in [0, 0.05) is 11.1 Å². The van der Waals surface area contributed by atoms with Crippen molar-refractivity contribution >= 4 is 27.3 Å². The number of hydrogen-bond donors (Lipinski definition) is 0. The molecule has 0 saturated carbocycles. The second kappa shape index (κ2) is 14.2. The molecule has 240 valence electrons. The molecule has 0 bridgehead atoms. The van der Waals surface area contributed by atoms with Crippen LogP contribution in [-0.4, -0.2) is 5.78 Å². The number of rotatable bonds is 10. The molecule has 0 aliphatic heterocycles. The SMILES string of the molecule is O=C(c1c(Cc2ccccc2)c(Cc2ccccc2)cc2ccccc12)c1c(Cc2ccccc2)c(Cc2ccccc2)cc2ccccc12. The van der Waals surface area contributed by atoms with Crippen molar-refractivity contribution in [3.63, 3.8) is 0 Å². The van der Waals surface area contributed by atoms with Crippen molar-refractivity contribution in [1.82, 2.24) is 0 Å². The summed E-state index contributed by atoms with van der Waals surface area (Å²) < 4.78 is 0. The predicted molar refractivity (Wildman–Crippen MR) is 208 cm³/mol. The fraction of sp³-hybridized carbons (Fsp3) is 0.0816. The van der Waals surface area contributed by atoms with Gasteiger partial charge in [-0.3, -0.25) is 4.79 Å². The van der Waals surface area contributed by atoms with Crippen molar-refractivity contribution < 1.29 is 4.79 Å². The molecule has 0 atom stereocenters. The number of carbonyl (C=O) groups is 1. The molecule has 50 heavy (non-hydrogen) atoms. The molecule has 0 amide bonds. The largest absolute Gasteiger partial charge is 0.289 e. The summed E-state index contributed by atoms with van der Waals surface area (Å²) in [5.41, 5.74) is 11.1. The highest BCUT2D eigenvalue weighted by atomic mass is 16.1. The standard InChI is InChI=1S/C49H38O/c50-49(47-43-27-15-13-25-39(43)33-41(29-35-17-5-1-6-18-35)45(47)31-37-21-9-3-10-22-37)48-44-28-16-14-26-40(44)34-42(30-36-19-7-2-8-20-36)46(48)32-38-23-11-4-12-24-38/h1-28,33-34H,29-32H2. The van der Waals surface area contributed by atoms with Crippen molar-refractivity contribution in [2.45, 2.75) is 25.7 Å². The van der Waals surface area contributed by atoms with Crippen LogP contribution in [0.3, 0.4) is 0 Å². The van der Waals surface area contributed by atoms with Crippen LogP contribution in [0.4, 0.5) is 0 Å². The minimum atomic E-state index is 0.0964. The Morgan fingerprint density at radius 1 is 0.340 bits per heavy atom. The van der Waals surface area contributed by atoms with E-state index in [1.165, 1.54) is 33.4 Å². The average molecular weight is 643 g/mol. The van der Waals surface area contributed by atoms with E-state index in [0.29, 0.717) is 12.8 Å². The van der Waals surface area contributed by atoms with Gasteiger partial charge in [0.05, 0.1) is 0 Å². The molecule has 1 heteroatoms. The Morgan fingerprint density at radius 3 is 1.00 bits per heavy atom. The summed E-state index contributed by atoms with van der Waals surface area (Å²) in [6, 6.07) is 63.9. The van der Waals surface area contributed by atoms with Crippen molar-refractivity contribution in [2.75, 3.05) is 0 Å². The third-order valence-electron chi connectivity index (χ3n) is 9.87. The van der Waals surface area contributed by atoms with Gasteiger partial charge in [-0.2, -0.15) is 0 Å². The van der Waals surface area contributed by atoms with Gasteiger partial charge in [0.25, 0.3) is 0 Å². The molecule has 0 aliphatic rings. The Labute approximate surface area is 294 Å². The second-order valence-corrected chi connectivity index (χ2v) is 13.2. The van der Waals surface area contributed by atoms with E-state index in [2.05, 4.69) is 182 Å². The first kappa shape index (κ1) is 31.2. The summed E-state index contributed by atoms with van der Waals surface area (Å²) in [5, 5.41) is 4.19. The summed E-state index contributed by atoms with van der Waals surface area (Å²) in [4.78, 5) is 15.9. The Balaban J connectivity index is 1.42. The van der Waals surface area contributed by atoms with Gasteiger partial charge in [-0.15, -0.1) is 0 Å². The maximum atomic E-state index is 15.9. The van der Waals surface area contributed by atoms with E-state index in [-0.39, 0.29) is 5.78 Å². The van der Waals surface area contributed by atoms with Crippen LogP contribution >= 0.6 is 0 Å². The molecule has 0 radical (unpaired) electrons. The lowest BCUT2D eigenvalue weighted by atomic mass is 9.80. The van der Waals surface area contributed by atoms with E-state index >= 15 is 4.79 Å². The van der Waals surface area contributed by atoms with E-state index < -0.39 is 0 Å². The van der Waals surface area contributed by atoms with E-state index in [1.54, 1.807) is 0 Å². The van der Waals surface area contributed by atoms with Gasteiger partial charge < -0.3 is 0 Å². The number of carbonyl (C=O) groups excluding carboxylic acids is 1. The molecular weight excluding hydrogens is 605 g/mol. The molecule has 8 aromatic rings. The molecule has 0 saturated heterocycles. The van der Waals surface area contributed by atoms with Crippen LogP contribution in [0.2, 0.25) is 0 Å². The normalized spacial score (nSPS) is 11.2. The summed E-state index contributed by atoms with van der Waals surface area (Å²) in [6.07, 6.45) is 2.84. The van der Waals surface area contributed by atoms with E-state index in [4.69, 9.17) is 0 Å². The summed E-state index contributed by atoms with van der Waals surface area (Å²) in [7, 11) is 0. The van der Waals surface area contributed by atoms with Crippen LogP contribution < -0.4 is 0 Å². The number of hydrogen-bond acceptors (Lipinski definition) is 1. The van der Waals surface area contributed by atoms with Crippen molar-refractivity contribution in [2.24, 2.45) is 0 Å². The lowest BCUT2D eigenvalue weighted by Crippen LogP contribution is -2.15. The summed E-state index contributed by atoms with van der Waals surface area (Å²) in [5.74, 6) is 0.0964. The maximum Gasteiger partial charge on any atom is 0.194 e. The molecule has 0 unspecified atom stereocenters. The first-order valence-electron chi connectivity index (χ1n) is 17.5. The predicted octanol–water partition coefficient (Wildman–Crippen LogP) is 11.6. The zero-order valence-corrected chi connectivity index (χ0v) is 28.1. The van der Waals surface area contributed by atoms with Gasteiger partial charge in [0.15, 0.2) is 5.78 Å². The zero-order chi connectivity index (χ0) is 33.7. The Bertz CT molecular complexity index is 2240. The fourth-order valence-corrected chi connectivity index (χ4v) is 7.49. The molecule has 1 nitrogen and oxygen atoms in total. The molecule has 0 aromatic heterocycles. The highest BCUT2D eigenvalue weighted by Crippen LogP contribution is 2.37. The van der Waals surface area contributed by atoms with E-state index in [1.807, 2.05) is 0 Å². The summed E-state index contributed by atoms with van der Waals surface area (Å²) >= 11 is 0. The van der Waals surface area contributed by atoms with Gasteiger partial charge in [0.1, 0.15) is 0 Å². The third-order valence-corrected chi connectivity index (χ3v) is 9.87. The first-order chi connectivity index (χ1) is 24.7. The van der Waals surface area contributed by atoms with Gasteiger partial charge >= 0.3 is 0 Å². The Hall–Kier alpha value is -6.05. The second-order valence-electron chi connectivity index (χ2n) is 13.2. The highest BCUT2D eigenvalue weighted by Gasteiger charge is 2.26. The topological polar surface area (TPSA) is 17.1 Å². The van der Waals surface area contributed by atoms with Gasteiger partial charge in [0.2, 0.25) is 0 Å². The Kier molecular flexibility index (Phi) is 8.87. The molecule has 0 heterocycles. The smallest absolute Gasteiger partial charge is 0.194 e. The van der Waals surface area contributed by atoms with E-state index in [9.17, 15) is 0 Å². The van der Waals surface area contributed by atoms with Crippen LogP contribution in [0.15, 0.2) is 182 Å². The highest BCUT2D eigenvalue weighted by molar-refractivity contribution is 6.23. The quantitative estimate of drug-likeness (QED) is 0.136. The zero-order valence-electron chi connectivity index (χ0n) is 28.1. The summed E-state index contributed by atoms with van der Waals surface area (Å²) in [6.45, 7) is 0. The molecular formula is C49H38O. The number of ketones is 1. The Morgan fingerprint density at radius 2 is 0.640 bits per heavy atom. The van der Waals surface area contributed by atoms with Crippen LogP contribution in [0.5, 0.6) is 0 Å². The maximum absolute atomic E-state index is 15.9. The molecule has 0 spiro atoms. The first-order valence-corrected chi connectivity index (χ1v) is 17.5. The van der Waals surface area contributed by atoms with Crippen LogP contribution in [0.1, 0.15) is 60.4 Å². The van der Waals surface area contributed by atoms with Crippen LogP contribution in [0.25, 0.3) is 21.5 Å². The fourth-order valence-electron chi connectivity index (χ4n) is 7.49. The number of fused-ring (bicyclic) bond motifs is 2. The van der Waals surface area contributed by atoms with Gasteiger partial charge in [-0.25, -0.2) is 0 Å². The molecule has 0 aliphatic carbocycles. The van der Waals surface area contributed by atoms with Crippen molar-refractivity contribution in [3.8, 4) is 0 Å². The van der Waals surface area contributed by atoms with Crippen LogP contribution in [-0.2, 0) is 25.7 Å². The monoisotopic (exact) mass is 642 g/mol. The van der Waals surface area contributed by atoms with Gasteiger partial charge in [-0.1, -0.05) is 182 Å². The van der Waals surface area contributed by atoms with Crippen LogP contribution in [0, 0.1) is 0 Å². The van der Waals surface area contributed by atoms with Crippen molar-refractivity contribution in [3.05, 3.63) is 238 Å². The molecule has 0 N–H and O–H groups in total. The lowest BCUT2D eigenvalue weighted by molar-refractivity contribution is 0.104. The molecule has 8 aromatic carbocycles. The average Bonchev–Trinajstić information content (AvgIpc) is 3.16. The third kappa shape index (κ3) is 6.51.